The molecular weight excluding hydrogens is 434 g/mol. The number of nitrogens with zero attached hydrogens (tertiary/aromatic N) is 1. The van der Waals surface area contributed by atoms with E-state index in [4.69, 9.17) is 14.2 Å². The summed E-state index contributed by atoms with van der Waals surface area (Å²) in [5.41, 5.74) is 7.91. The Labute approximate surface area is 209 Å². The molecule has 0 radical (unpaired) electrons. The molecule has 4 nitrogen and oxygen atoms in total. The lowest BCUT2D eigenvalue weighted by Gasteiger charge is -2.25. The fourth-order valence-electron chi connectivity index (χ4n) is 5.32. The van der Waals surface area contributed by atoms with Crippen LogP contribution in [0.5, 0.6) is 11.5 Å². The topological polar surface area (TPSA) is 30.9 Å². The second-order valence-corrected chi connectivity index (χ2v) is 9.42. The number of fused-ring (bicyclic) bond motifs is 1. The number of benzene rings is 3. The highest BCUT2D eigenvalue weighted by atomic mass is 16.7. The summed E-state index contributed by atoms with van der Waals surface area (Å²) in [6.45, 7) is 4.65. The number of allylic oxidation sites excluding steroid dienone is 1. The second kappa shape index (κ2) is 11.1. The van der Waals surface area contributed by atoms with Gasteiger partial charge in [0.15, 0.2) is 6.79 Å². The highest BCUT2D eigenvalue weighted by Gasteiger charge is 2.21. The molecule has 0 bridgehead atoms. The largest absolute Gasteiger partial charge is 0.475 e. The van der Waals surface area contributed by atoms with E-state index >= 15 is 0 Å². The molecule has 182 valence electrons. The molecule has 5 rings (SSSR count). The Bertz CT molecular complexity index is 1140. The van der Waals surface area contributed by atoms with E-state index in [9.17, 15) is 0 Å². The van der Waals surface area contributed by atoms with Gasteiger partial charge in [-0.2, -0.15) is 0 Å². The third-order valence-electron chi connectivity index (χ3n) is 7.11. The minimum Gasteiger partial charge on any atom is -0.475 e. The van der Waals surface area contributed by atoms with Crippen molar-refractivity contribution in [3.63, 3.8) is 0 Å². The first kappa shape index (κ1) is 23.7. The fourth-order valence-corrected chi connectivity index (χ4v) is 5.32. The molecule has 1 aliphatic heterocycles. The van der Waals surface area contributed by atoms with Gasteiger partial charge < -0.3 is 14.2 Å². The number of likely N-dealkylation sites (tertiary alicyclic amines) is 1. The standard InChI is InChI=1S/C31H35NO3/c1-23(32-20-5-6-21-32)35-28-18-14-26(15-19-28)31(25-12-16-27(17-13-25)34-22-33-2)30-11-7-9-24-8-3-4-10-29(24)30/h3-4,8,10,12-19,23H,5-7,9,11,20-22H2,1-2H3. The molecule has 1 aliphatic carbocycles. The normalized spacial score (nSPS) is 18.1. The average Bonchev–Trinajstić information content (AvgIpc) is 3.45. The van der Waals surface area contributed by atoms with E-state index in [0.29, 0.717) is 0 Å². The molecule has 35 heavy (non-hydrogen) atoms. The minimum absolute atomic E-state index is 0.103. The Morgan fingerprint density at radius 2 is 1.46 bits per heavy atom. The van der Waals surface area contributed by atoms with Gasteiger partial charge in [0.1, 0.15) is 17.7 Å². The predicted molar refractivity (Wildman–Crippen MR) is 142 cm³/mol. The molecule has 0 saturated carbocycles. The number of hydrogen-bond acceptors (Lipinski definition) is 4. The molecular formula is C31H35NO3. The maximum absolute atomic E-state index is 6.28. The molecule has 0 N–H and O–H groups in total. The monoisotopic (exact) mass is 469 g/mol. The van der Waals surface area contributed by atoms with E-state index in [1.54, 1.807) is 7.11 Å². The Kier molecular flexibility index (Phi) is 7.51. The van der Waals surface area contributed by atoms with E-state index in [1.165, 1.54) is 52.7 Å². The molecule has 2 aliphatic rings. The van der Waals surface area contributed by atoms with Crippen molar-refractivity contribution in [3.05, 3.63) is 95.1 Å². The van der Waals surface area contributed by atoms with Gasteiger partial charge in [-0.05, 0) is 96.7 Å². The molecule has 1 heterocycles. The van der Waals surface area contributed by atoms with Crippen LogP contribution in [0.25, 0.3) is 11.1 Å². The van der Waals surface area contributed by atoms with E-state index in [0.717, 1.165) is 37.4 Å². The third-order valence-corrected chi connectivity index (χ3v) is 7.11. The molecule has 4 heteroatoms. The average molecular weight is 470 g/mol. The summed E-state index contributed by atoms with van der Waals surface area (Å²) in [5, 5.41) is 0. The highest BCUT2D eigenvalue weighted by Crippen LogP contribution is 2.40. The van der Waals surface area contributed by atoms with E-state index in [1.807, 2.05) is 12.1 Å². The lowest BCUT2D eigenvalue weighted by Crippen LogP contribution is -2.34. The first-order valence-corrected chi connectivity index (χ1v) is 12.8. The summed E-state index contributed by atoms with van der Waals surface area (Å²) < 4.78 is 17.0. The lowest BCUT2D eigenvalue weighted by molar-refractivity contribution is 0.0511. The summed E-state index contributed by atoms with van der Waals surface area (Å²) in [5.74, 6) is 1.73. The van der Waals surface area contributed by atoms with Gasteiger partial charge in [0, 0.05) is 20.2 Å². The van der Waals surface area contributed by atoms with Gasteiger partial charge in [-0.1, -0.05) is 48.5 Å². The van der Waals surface area contributed by atoms with Crippen molar-refractivity contribution >= 4 is 11.1 Å². The lowest BCUT2D eigenvalue weighted by atomic mass is 9.81. The number of ether oxygens (including phenoxy) is 3. The van der Waals surface area contributed by atoms with E-state index < -0.39 is 0 Å². The molecule has 3 aromatic carbocycles. The van der Waals surface area contributed by atoms with Gasteiger partial charge in [-0.15, -0.1) is 0 Å². The quantitative estimate of drug-likeness (QED) is 0.340. The molecule has 3 aromatic rings. The van der Waals surface area contributed by atoms with Crippen LogP contribution < -0.4 is 9.47 Å². The molecule has 1 atom stereocenters. The fraction of sp³-hybridized carbons (Fsp3) is 0.355. The smallest absolute Gasteiger partial charge is 0.188 e. The molecule has 1 unspecified atom stereocenters. The van der Waals surface area contributed by atoms with Crippen LogP contribution in [0.3, 0.4) is 0 Å². The van der Waals surface area contributed by atoms with Gasteiger partial charge in [-0.3, -0.25) is 4.90 Å². The van der Waals surface area contributed by atoms with Gasteiger partial charge >= 0.3 is 0 Å². The van der Waals surface area contributed by atoms with Crippen LogP contribution in [-0.4, -0.2) is 38.1 Å². The van der Waals surface area contributed by atoms with Crippen LogP contribution >= 0.6 is 0 Å². The minimum atomic E-state index is 0.103. The maximum atomic E-state index is 6.28. The summed E-state index contributed by atoms with van der Waals surface area (Å²) >= 11 is 0. The van der Waals surface area contributed by atoms with E-state index in [2.05, 4.69) is 72.5 Å². The van der Waals surface area contributed by atoms with Crippen molar-refractivity contribution in [2.45, 2.75) is 45.3 Å². The second-order valence-electron chi connectivity index (χ2n) is 9.42. The number of aryl methyl sites for hydroxylation is 1. The van der Waals surface area contributed by atoms with Gasteiger partial charge in [-0.25, -0.2) is 0 Å². The van der Waals surface area contributed by atoms with Crippen LogP contribution in [0, 0.1) is 0 Å². The van der Waals surface area contributed by atoms with Crippen molar-refractivity contribution in [3.8, 4) is 11.5 Å². The Morgan fingerprint density at radius 3 is 2.14 bits per heavy atom. The molecule has 1 fully saturated rings. The zero-order chi connectivity index (χ0) is 24.0. The Morgan fingerprint density at radius 1 is 0.800 bits per heavy atom. The summed E-state index contributed by atoms with van der Waals surface area (Å²) in [7, 11) is 1.64. The molecule has 0 amide bonds. The van der Waals surface area contributed by atoms with E-state index in [-0.39, 0.29) is 13.0 Å². The van der Waals surface area contributed by atoms with Gasteiger partial charge in [0.05, 0.1) is 0 Å². The van der Waals surface area contributed by atoms with Crippen LogP contribution in [0.15, 0.2) is 72.8 Å². The van der Waals surface area contributed by atoms with Crippen LogP contribution in [-0.2, 0) is 11.2 Å². The summed E-state index contributed by atoms with van der Waals surface area (Å²) in [4.78, 5) is 2.41. The Hall–Kier alpha value is -3.08. The maximum Gasteiger partial charge on any atom is 0.188 e. The first-order valence-electron chi connectivity index (χ1n) is 12.8. The first-order chi connectivity index (χ1) is 17.2. The van der Waals surface area contributed by atoms with Crippen LogP contribution in [0.2, 0.25) is 0 Å². The zero-order valence-corrected chi connectivity index (χ0v) is 20.8. The summed E-state index contributed by atoms with van der Waals surface area (Å²) in [6.07, 6.45) is 6.00. The third kappa shape index (κ3) is 5.44. The molecule has 1 saturated heterocycles. The van der Waals surface area contributed by atoms with Crippen molar-refractivity contribution in [2.24, 2.45) is 0 Å². The Balaban J connectivity index is 1.50. The number of rotatable bonds is 8. The highest BCUT2D eigenvalue weighted by molar-refractivity contribution is 5.99. The number of hydrogen-bond donors (Lipinski definition) is 0. The molecule has 0 spiro atoms. The van der Waals surface area contributed by atoms with Crippen LogP contribution in [0.1, 0.15) is 54.9 Å². The van der Waals surface area contributed by atoms with Crippen molar-refractivity contribution in [1.82, 2.24) is 4.90 Å². The van der Waals surface area contributed by atoms with Crippen molar-refractivity contribution in [1.29, 1.82) is 0 Å². The van der Waals surface area contributed by atoms with Crippen molar-refractivity contribution in [2.75, 3.05) is 27.0 Å². The van der Waals surface area contributed by atoms with Gasteiger partial charge in [0.2, 0.25) is 0 Å². The zero-order valence-electron chi connectivity index (χ0n) is 20.8. The van der Waals surface area contributed by atoms with Crippen molar-refractivity contribution < 1.29 is 14.2 Å². The summed E-state index contributed by atoms with van der Waals surface area (Å²) in [6, 6.07) is 25.9. The molecule has 0 aromatic heterocycles. The SMILES string of the molecule is COCOc1ccc(C(=C2CCCc3ccccc32)c2ccc(OC(C)N3CCCC3)cc2)cc1. The van der Waals surface area contributed by atoms with Crippen LogP contribution in [0.4, 0.5) is 0 Å². The predicted octanol–water partition coefficient (Wildman–Crippen LogP) is 6.79. The number of methoxy groups -OCH3 is 1. The van der Waals surface area contributed by atoms with Gasteiger partial charge in [0.25, 0.3) is 0 Å².